The number of aromatic nitrogens is 1. The Hall–Kier alpha value is -4.20. The Balaban J connectivity index is 1.72. The van der Waals surface area contributed by atoms with Gasteiger partial charge in [0.15, 0.2) is 11.4 Å². The highest BCUT2D eigenvalue weighted by atomic mass is 16.5. The van der Waals surface area contributed by atoms with Crippen molar-refractivity contribution in [2.24, 2.45) is 0 Å². The van der Waals surface area contributed by atoms with E-state index in [1.165, 1.54) is 19.2 Å². The molecule has 0 aliphatic heterocycles. The van der Waals surface area contributed by atoms with E-state index in [4.69, 9.17) is 4.74 Å². The zero-order valence-electron chi connectivity index (χ0n) is 18.3. The quantitative estimate of drug-likeness (QED) is 0.342. The van der Waals surface area contributed by atoms with Crippen LogP contribution in [0.3, 0.4) is 0 Å². The van der Waals surface area contributed by atoms with Gasteiger partial charge in [-0.05, 0) is 31.0 Å². The molecule has 3 N–H and O–H groups in total. The largest absolute Gasteiger partial charge is 0.504 e. The van der Waals surface area contributed by atoms with Crippen LogP contribution in [0.15, 0.2) is 72.9 Å². The molecular formula is C25H25N3O5. The van der Waals surface area contributed by atoms with Crippen LogP contribution in [-0.4, -0.2) is 40.5 Å². The minimum atomic E-state index is -1.00. The summed E-state index contributed by atoms with van der Waals surface area (Å²) in [5.74, 6) is -2.10. The van der Waals surface area contributed by atoms with Crippen molar-refractivity contribution in [1.29, 1.82) is 0 Å². The molecule has 0 spiro atoms. The van der Waals surface area contributed by atoms with Crippen LogP contribution in [0.4, 0.5) is 5.69 Å². The monoisotopic (exact) mass is 447 g/mol. The normalized spacial score (nSPS) is 12.5. The van der Waals surface area contributed by atoms with Crippen molar-refractivity contribution in [2.45, 2.75) is 31.9 Å². The van der Waals surface area contributed by atoms with Gasteiger partial charge in [-0.15, -0.1) is 0 Å². The number of anilines is 1. The van der Waals surface area contributed by atoms with E-state index >= 15 is 0 Å². The van der Waals surface area contributed by atoms with Gasteiger partial charge in [-0.1, -0.05) is 60.7 Å². The summed E-state index contributed by atoms with van der Waals surface area (Å²) >= 11 is 0. The van der Waals surface area contributed by atoms with Gasteiger partial charge >= 0.3 is 5.97 Å². The Morgan fingerprint density at radius 2 is 1.55 bits per heavy atom. The first kappa shape index (κ1) is 23.5. The molecule has 0 aliphatic carbocycles. The number of aromatic hydroxyl groups is 1. The maximum Gasteiger partial charge on any atom is 0.328 e. The number of esters is 1. The summed E-state index contributed by atoms with van der Waals surface area (Å²) in [7, 11) is 0. The molecule has 3 aromatic rings. The molecule has 1 aromatic heterocycles. The summed E-state index contributed by atoms with van der Waals surface area (Å²) in [6.07, 6.45) is 1.11. The van der Waals surface area contributed by atoms with E-state index in [0.29, 0.717) is 6.41 Å². The van der Waals surface area contributed by atoms with Crippen molar-refractivity contribution in [3.05, 3.63) is 89.7 Å². The van der Waals surface area contributed by atoms with Crippen molar-refractivity contribution >= 4 is 24.0 Å². The maximum atomic E-state index is 12.8. The van der Waals surface area contributed by atoms with Crippen molar-refractivity contribution < 1.29 is 24.2 Å². The van der Waals surface area contributed by atoms with E-state index in [0.717, 1.165) is 11.1 Å². The second-order valence-electron chi connectivity index (χ2n) is 7.45. The highest BCUT2D eigenvalue weighted by Gasteiger charge is 2.28. The van der Waals surface area contributed by atoms with Crippen LogP contribution < -0.4 is 10.6 Å². The van der Waals surface area contributed by atoms with E-state index in [-0.39, 0.29) is 17.3 Å². The van der Waals surface area contributed by atoms with Gasteiger partial charge in [0, 0.05) is 12.1 Å². The first-order chi connectivity index (χ1) is 15.9. The van der Waals surface area contributed by atoms with Gasteiger partial charge in [-0.3, -0.25) is 9.59 Å². The lowest BCUT2D eigenvalue weighted by Crippen LogP contribution is -2.41. The topological polar surface area (TPSA) is 118 Å². The third-order valence-corrected chi connectivity index (χ3v) is 5.14. The fourth-order valence-electron chi connectivity index (χ4n) is 3.53. The maximum absolute atomic E-state index is 12.8. The van der Waals surface area contributed by atoms with Gasteiger partial charge in [-0.2, -0.15) is 0 Å². The molecule has 33 heavy (non-hydrogen) atoms. The van der Waals surface area contributed by atoms with Crippen molar-refractivity contribution in [3.8, 4) is 5.75 Å². The van der Waals surface area contributed by atoms with Crippen molar-refractivity contribution in [3.63, 3.8) is 0 Å². The zero-order chi connectivity index (χ0) is 23.8. The van der Waals surface area contributed by atoms with Gasteiger partial charge in [0.2, 0.25) is 6.41 Å². The molecule has 8 nitrogen and oxygen atoms in total. The van der Waals surface area contributed by atoms with Crippen LogP contribution in [0.5, 0.6) is 5.75 Å². The van der Waals surface area contributed by atoms with Gasteiger partial charge in [0.25, 0.3) is 5.91 Å². The summed E-state index contributed by atoms with van der Waals surface area (Å²) in [5.41, 5.74) is 1.70. The predicted molar refractivity (Wildman–Crippen MR) is 123 cm³/mol. The lowest BCUT2D eigenvalue weighted by molar-refractivity contribution is -0.150. The molecule has 0 saturated carbocycles. The number of benzene rings is 2. The first-order valence-corrected chi connectivity index (χ1v) is 10.4. The van der Waals surface area contributed by atoms with Crippen LogP contribution in [0.1, 0.15) is 41.4 Å². The molecule has 8 heteroatoms. The number of amides is 2. The minimum Gasteiger partial charge on any atom is -0.504 e. The average Bonchev–Trinajstić information content (AvgIpc) is 2.82. The summed E-state index contributed by atoms with van der Waals surface area (Å²) in [5, 5.41) is 14.9. The fraction of sp³-hybridized carbons (Fsp3) is 0.200. The molecule has 2 atom stereocenters. The molecule has 0 fully saturated rings. The minimum absolute atomic E-state index is 0.0302. The van der Waals surface area contributed by atoms with E-state index < -0.39 is 29.8 Å². The molecule has 0 saturated heterocycles. The zero-order valence-corrected chi connectivity index (χ0v) is 18.3. The highest BCUT2D eigenvalue weighted by Crippen LogP contribution is 2.30. The first-order valence-electron chi connectivity index (χ1n) is 10.4. The van der Waals surface area contributed by atoms with Crippen LogP contribution in [0, 0.1) is 0 Å². The van der Waals surface area contributed by atoms with E-state index in [1.807, 2.05) is 60.7 Å². The Bertz CT molecular complexity index is 1070. The molecular weight excluding hydrogens is 422 g/mol. The average molecular weight is 447 g/mol. The molecule has 0 radical (unpaired) electrons. The van der Waals surface area contributed by atoms with E-state index in [9.17, 15) is 19.5 Å². The second kappa shape index (κ2) is 10.9. The number of ether oxygens (including phenoxy) is 1. The molecule has 2 amide bonds. The van der Waals surface area contributed by atoms with E-state index in [1.54, 1.807) is 6.92 Å². The summed E-state index contributed by atoms with van der Waals surface area (Å²) in [6.45, 7) is 3.29. The van der Waals surface area contributed by atoms with Gasteiger partial charge in [-0.25, -0.2) is 9.78 Å². The molecule has 0 aliphatic rings. The summed E-state index contributed by atoms with van der Waals surface area (Å²) in [6, 6.07) is 19.8. The fourth-order valence-corrected chi connectivity index (χ4v) is 3.53. The van der Waals surface area contributed by atoms with Crippen LogP contribution in [0.2, 0.25) is 0 Å². The van der Waals surface area contributed by atoms with Crippen LogP contribution in [0.25, 0.3) is 0 Å². The summed E-state index contributed by atoms with van der Waals surface area (Å²) < 4.78 is 5.72. The SMILES string of the molecule is CC(NC(=O)c1nccc(NC=O)c1O)C(=O)OC(C)C(c1ccccc1)c1ccccc1. The summed E-state index contributed by atoms with van der Waals surface area (Å²) in [4.78, 5) is 39.8. The molecule has 2 aromatic carbocycles. The number of rotatable bonds is 9. The van der Waals surface area contributed by atoms with Crippen molar-refractivity contribution in [1.82, 2.24) is 10.3 Å². The van der Waals surface area contributed by atoms with Gasteiger partial charge < -0.3 is 20.5 Å². The molecule has 2 unspecified atom stereocenters. The number of nitrogens with one attached hydrogen (secondary N) is 2. The number of carbonyl (C=O) groups is 3. The molecule has 3 rings (SSSR count). The smallest absolute Gasteiger partial charge is 0.328 e. The number of nitrogens with zero attached hydrogens (tertiary/aromatic N) is 1. The van der Waals surface area contributed by atoms with Crippen LogP contribution >= 0.6 is 0 Å². The number of pyridine rings is 1. The Kier molecular flexibility index (Phi) is 7.75. The van der Waals surface area contributed by atoms with Gasteiger partial charge in [0.1, 0.15) is 12.1 Å². The highest BCUT2D eigenvalue weighted by molar-refractivity contribution is 5.99. The second-order valence-corrected chi connectivity index (χ2v) is 7.45. The van der Waals surface area contributed by atoms with Crippen molar-refractivity contribution in [2.75, 3.05) is 5.32 Å². The van der Waals surface area contributed by atoms with E-state index in [2.05, 4.69) is 15.6 Å². The van der Waals surface area contributed by atoms with Crippen LogP contribution in [-0.2, 0) is 14.3 Å². The Morgan fingerprint density at radius 3 is 2.09 bits per heavy atom. The standard InChI is InChI=1S/C25H25N3O5/c1-16(28-24(31)22-23(30)20(27-15-29)13-14-26-22)25(32)33-17(2)21(18-9-5-3-6-10-18)19-11-7-4-8-12-19/h3-17,21,30H,1-2H3,(H,28,31)(H,26,27,29). The Labute approximate surface area is 191 Å². The predicted octanol–water partition coefficient (Wildman–Crippen LogP) is 3.24. The Morgan fingerprint density at radius 1 is 0.970 bits per heavy atom. The lowest BCUT2D eigenvalue weighted by Gasteiger charge is -2.26. The van der Waals surface area contributed by atoms with Gasteiger partial charge in [0.05, 0.1) is 5.69 Å². The number of carbonyl (C=O) groups excluding carboxylic acids is 3. The lowest BCUT2D eigenvalue weighted by atomic mass is 9.87. The third kappa shape index (κ3) is 5.74. The molecule has 0 bridgehead atoms. The molecule has 1 heterocycles. The molecule has 170 valence electrons. The number of hydrogen-bond acceptors (Lipinski definition) is 6. The number of hydrogen-bond donors (Lipinski definition) is 3. The third-order valence-electron chi connectivity index (χ3n) is 5.14.